The standard InChI is InChI=1S/C9H21NO2S/c1-6-7-13(11,12)10(5)9(4)8(2)3/h8-9H,6-7H2,1-5H3. The summed E-state index contributed by atoms with van der Waals surface area (Å²) in [5.74, 6) is 0.609. The molecule has 0 saturated heterocycles. The van der Waals surface area contributed by atoms with E-state index in [4.69, 9.17) is 0 Å². The summed E-state index contributed by atoms with van der Waals surface area (Å²) < 4.78 is 24.7. The minimum Gasteiger partial charge on any atom is -0.212 e. The highest BCUT2D eigenvalue weighted by Crippen LogP contribution is 2.12. The molecule has 0 aromatic carbocycles. The zero-order valence-corrected chi connectivity index (χ0v) is 10.1. The fraction of sp³-hybridized carbons (Fsp3) is 1.00. The monoisotopic (exact) mass is 207 g/mol. The molecule has 0 fully saturated rings. The Labute approximate surface area is 82.2 Å². The molecule has 0 aliphatic carbocycles. The molecule has 0 radical (unpaired) electrons. The minimum absolute atomic E-state index is 0.0801. The third kappa shape index (κ3) is 3.65. The van der Waals surface area contributed by atoms with Gasteiger partial charge in [0.25, 0.3) is 0 Å². The maximum Gasteiger partial charge on any atom is 0.214 e. The Kier molecular flexibility index (Phi) is 4.92. The summed E-state index contributed by atoms with van der Waals surface area (Å²) in [6.07, 6.45) is 0.678. The molecule has 0 saturated carbocycles. The fourth-order valence-electron chi connectivity index (χ4n) is 1.08. The number of rotatable bonds is 5. The van der Waals surface area contributed by atoms with Gasteiger partial charge in [-0.25, -0.2) is 12.7 Å². The summed E-state index contributed by atoms with van der Waals surface area (Å²) in [7, 11) is -1.36. The molecule has 0 bridgehead atoms. The highest BCUT2D eigenvalue weighted by Gasteiger charge is 2.23. The molecule has 80 valence electrons. The molecule has 0 aromatic rings. The number of sulfonamides is 1. The van der Waals surface area contributed by atoms with Crippen molar-refractivity contribution in [2.24, 2.45) is 5.92 Å². The van der Waals surface area contributed by atoms with Crippen molar-refractivity contribution in [2.75, 3.05) is 12.8 Å². The molecule has 0 amide bonds. The van der Waals surface area contributed by atoms with Gasteiger partial charge < -0.3 is 0 Å². The average Bonchev–Trinajstić information content (AvgIpc) is 2.01. The van der Waals surface area contributed by atoms with Crippen LogP contribution in [0.15, 0.2) is 0 Å². The molecule has 0 N–H and O–H groups in total. The summed E-state index contributed by atoms with van der Waals surface area (Å²) >= 11 is 0. The average molecular weight is 207 g/mol. The predicted octanol–water partition coefficient (Wildman–Crippen LogP) is 1.70. The molecule has 0 rings (SSSR count). The van der Waals surface area contributed by atoms with Crippen LogP contribution < -0.4 is 0 Å². The van der Waals surface area contributed by atoms with Gasteiger partial charge in [-0.2, -0.15) is 0 Å². The van der Waals surface area contributed by atoms with Gasteiger partial charge in [-0.3, -0.25) is 0 Å². The number of hydrogen-bond acceptors (Lipinski definition) is 2. The molecule has 1 atom stereocenters. The van der Waals surface area contributed by atoms with Crippen molar-refractivity contribution >= 4 is 10.0 Å². The van der Waals surface area contributed by atoms with Gasteiger partial charge in [0, 0.05) is 13.1 Å². The van der Waals surface area contributed by atoms with Gasteiger partial charge in [0.1, 0.15) is 0 Å². The van der Waals surface area contributed by atoms with Crippen molar-refractivity contribution < 1.29 is 8.42 Å². The second-order valence-corrected chi connectivity index (χ2v) is 5.96. The maximum atomic E-state index is 11.6. The van der Waals surface area contributed by atoms with Crippen LogP contribution >= 0.6 is 0 Å². The van der Waals surface area contributed by atoms with Crippen molar-refractivity contribution in [3.63, 3.8) is 0 Å². The van der Waals surface area contributed by atoms with Crippen LogP contribution in [-0.4, -0.2) is 31.6 Å². The van der Waals surface area contributed by atoms with Crippen molar-refractivity contribution in [1.82, 2.24) is 4.31 Å². The highest BCUT2D eigenvalue weighted by molar-refractivity contribution is 7.89. The third-order valence-electron chi connectivity index (χ3n) is 2.44. The van der Waals surface area contributed by atoms with E-state index in [9.17, 15) is 8.42 Å². The van der Waals surface area contributed by atoms with Crippen molar-refractivity contribution in [3.8, 4) is 0 Å². The normalized spacial score (nSPS) is 15.3. The summed E-state index contributed by atoms with van der Waals surface area (Å²) in [5.41, 5.74) is 0. The van der Waals surface area contributed by atoms with E-state index in [-0.39, 0.29) is 11.8 Å². The first-order valence-corrected chi connectivity index (χ1v) is 6.39. The lowest BCUT2D eigenvalue weighted by Gasteiger charge is -2.26. The van der Waals surface area contributed by atoms with Crippen LogP contribution in [0.1, 0.15) is 34.1 Å². The van der Waals surface area contributed by atoms with Crippen LogP contribution in [0, 0.1) is 5.92 Å². The predicted molar refractivity (Wildman–Crippen MR) is 56.1 cm³/mol. The van der Waals surface area contributed by atoms with E-state index in [0.29, 0.717) is 12.3 Å². The number of nitrogens with zero attached hydrogens (tertiary/aromatic N) is 1. The molecule has 0 spiro atoms. The SMILES string of the molecule is CCCS(=O)(=O)N(C)C(C)C(C)C. The van der Waals surface area contributed by atoms with Crippen LogP contribution in [0.5, 0.6) is 0 Å². The summed E-state index contributed by atoms with van der Waals surface area (Å²) in [6.45, 7) is 7.88. The summed E-state index contributed by atoms with van der Waals surface area (Å²) in [4.78, 5) is 0. The van der Waals surface area contributed by atoms with Crippen molar-refractivity contribution in [1.29, 1.82) is 0 Å². The molecule has 0 aliphatic rings. The number of hydrogen-bond donors (Lipinski definition) is 0. The maximum absolute atomic E-state index is 11.6. The van der Waals surface area contributed by atoms with Crippen LogP contribution in [0.2, 0.25) is 0 Å². The van der Waals surface area contributed by atoms with Crippen LogP contribution in [0.25, 0.3) is 0 Å². The lowest BCUT2D eigenvalue weighted by atomic mass is 10.1. The smallest absolute Gasteiger partial charge is 0.212 e. The Hall–Kier alpha value is -0.0900. The fourth-order valence-corrected chi connectivity index (χ4v) is 2.63. The van der Waals surface area contributed by atoms with E-state index in [1.54, 1.807) is 7.05 Å². The first-order chi connectivity index (χ1) is 5.83. The zero-order chi connectivity index (χ0) is 10.6. The molecule has 4 heteroatoms. The summed E-state index contributed by atoms with van der Waals surface area (Å²) in [5, 5.41) is 0. The lowest BCUT2D eigenvalue weighted by molar-refractivity contribution is 0.315. The zero-order valence-electron chi connectivity index (χ0n) is 9.24. The highest BCUT2D eigenvalue weighted by atomic mass is 32.2. The van der Waals surface area contributed by atoms with Gasteiger partial charge in [-0.05, 0) is 19.3 Å². The topological polar surface area (TPSA) is 37.4 Å². The third-order valence-corrected chi connectivity index (χ3v) is 4.57. The second kappa shape index (κ2) is 4.96. The van der Waals surface area contributed by atoms with Gasteiger partial charge in [0.2, 0.25) is 10.0 Å². The molecule has 13 heavy (non-hydrogen) atoms. The molecule has 3 nitrogen and oxygen atoms in total. The Morgan fingerprint density at radius 1 is 1.23 bits per heavy atom. The summed E-state index contributed by atoms with van der Waals surface area (Å²) in [6, 6.07) is 0.0801. The second-order valence-electron chi connectivity index (χ2n) is 3.82. The van der Waals surface area contributed by atoms with E-state index >= 15 is 0 Å². The minimum atomic E-state index is -3.02. The van der Waals surface area contributed by atoms with E-state index in [1.165, 1.54) is 4.31 Å². The quantitative estimate of drug-likeness (QED) is 0.688. The van der Waals surface area contributed by atoms with Gasteiger partial charge in [0.05, 0.1) is 5.75 Å². The van der Waals surface area contributed by atoms with Gasteiger partial charge in [-0.15, -0.1) is 0 Å². The lowest BCUT2D eigenvalue weighted by Crippen LogP contribution is -2.39. The molecule has 1 unspecified atom stereocenters. The van der Waals surface area contributed by atoms with Gasteiger partial charge >= 0.3 is 0 Å². The van der Waals surface area contributed by atoms with E-state index in [2.05, 4.69) is 0 Å². The Morgan fingerprint density at radius 2 is 1.69 bits per heavy atom. The van der Waals surface area contributed by atoms with E-state index in [1.807, 2.05) is 27.7 Å². The first kappa shape index (κ1) is 12.9. The van der Waals surface area contributed by atoms with Crippen LogP contribution in [0.4, 0.5) is 0 Å². The van der Waals surface area contributed by atoms with Gasteiger partial charge in [0.15, 0.2) is 0 Å². The Balaban J connectivity index is 4.49. The van der Waals surface area contributed by atoms with Crippen molar-refractivity contribution in [3.05, 3.63) is 0 Å². The van der Waals surface area contributed by atoms with Gasteiger partial charge in [-0.1, -0.05) is 20.8 Å². The van der Waals surface area contributed by atoms with Crippen LogP contribution in [-0.2, 0) is 10.0 Å². The first-order valence-electron chi connectivity index (χ1n) is 4.78. The molecular formula is C9H21NO2S. The van der Waals surface area contributed by atoms with E-state index in [0.717, 1.165) is 0 Å². The molecule has 0 aromatic heterocycles. The van der Waals surface area contributed by atoms with E-state index < -0.39 is 10.0 Å². The Morgan fingerprint density at radius 3 is 2.00 bits per heavy atom. The molecule has 0 aliphatic heterocycles. The van der Waals surface area contributed by atoms with Crippen LogP contribution in [0.3, 0.4) is 0 Å². The van der Waals surface area contributed by atoms with Crippen molar-refractivity contribution in [2.45, 2.75) is 40.2 Å². The Bertz CT molecular complexity index is 234. The molecular weight excluding hydrogens is 186 g/mol. The molecule has 0 heterocycles. The largest absolute Gasteiger partial charge is 0.214 e.